The number of aromatic nitrogens is 1. The van der Waals surface area contributed by atoms with E-state index in [1.165, 1.54) is 23.8 Å². The Kier molecular flexibility index (Phi) is 22.4. The summed E-state index contributed by atoms with van der Waals surface area (Å²) in [7, 11) is 0. The third-order valence-electron chi connectivity index (χ3n) is 7.34. The second-order valence-corrected chi connectivity index (χ2v) is 14.0. The van der Waals surface area contributed by atoms with Gasteiger partial charge in [-0.1, -0.05) is 61.0 Å². The number of carboxylic acids is 1. The quantitative estimate of drug-likeness (QED) is 0.215. The summed E-state index contributed by atoms with van der Waals surface area (Å²) in [4.78, 5) is 59.4. The van der Waals surface area contributed by atoms with Crippen LogP contribution in [0.2, 0.25) is 0 Å². The molecule has 3 heterocycles. The van der Waals surface area contributed by atoms with Crippen molar-refractivity contribution >= 4 is 45.4 Å². The van der Waals surface area contributed by atoms with Crippen molar-refractivity contribution < 1.29 is 33.8 Å². The molecule has 0 radical (unpaired) electrons. The Balaban J connectivity index is 0.000000627. The van der Waals surface area contributed by atoms with E-state index in [-0.39, 0.29) is 46.6 Å². The summed E-state index contributed by atoms with van der Waals surface area (Å²) < 4.78 is 10.7. The summed E-state index contributed by atoms with van der Waals surface area (Å²) in [5.41, 5.74) is 10.9. The van der Waals surface area contributed by atoms with Crippen LogP contribution in [0.1, 0.15) is 113 Å². The zero-order valence-electron chi connectivity index (χ0n) is 31.4. The molecule has 12 nitrogen and oxygen atoms in total. The van der Waals surface area contributed by atoms with Crippen LogP contribution in [0.25, 0.3) is 10.2 Å². The van der Waals surface area contributed by atoms with Crippen LogP contribution in [0.5, 0.6) is 5.88 Å². The van der Waals surface area contributed by atoms with Crippen molar-refractivity contribution in [2.45, 2.75) is 125 Å². The van der Waals surface area contributed by atoms with Crippen LogP contribution in [0, 0.1) is 17.3 Å². The van der Waals surface area contributed by atoms with Gasteiger partial charge in [0.05, 0.1) is 22.7 Å². The molecule has 3 fully saturated rings. The number of nitrogens with two attached hydrogens (primary N) is 2. The summed E-state index contributed by atoms with van der Waals surface area (Å²) in [5, 5.41) is 10.2. The van der Waals surface area contributed by atoms with Gasteiger partial charge in [-0.2, -0.15) is 0 Å². The summed E-state index contributed by atoms with van der Waals surface area (Å²) in [6.45, 7) is 20.9. The molecular formula is C37H62N4O8S. The van der Waals surface area contributed by atoms with Crippen molar-refractivity contribution in [3.05, 3.63) is 40.4 Å². The molecule has 13 heteroatoms. The minimum atomic E-state index is -0.685. The van der Waals surface area contributed by atoms with Gasteiger partial charge in [0.2, 0.25) is 17.2 Å². The first kappa shape index (κ1) is 46.1. The highest BCUT2D eigenvalue weighted by Crippen LogP contribution is 2.39. The largest absolute Gasteiger partial charge is 0.481 e. The first-order chi connectivity index (χ1) is 23.6. The lowest BCUT2D eigenvalue weighted by Gasteiger charge is -2.26. The van der Waals surface area contributed by atoms with E-state index in [0.717, 1.165) is 48.7 Å². The number of carboxylic acid groups (broad SMARTS) is 1. The Labute approximate surface area is 302 Å². The predicted molar refractivity (Wildman–Crippen MR) is 201 cm³/mol. The Morgan fingerprint density at radius 3 is 2.12 bits per heavy atom. The summed E-state index contributed by atoms with van der Waals surface area (Å²) in [5.74, 6) is -0.341. The number of carbonyl (C=O) groups excluding carboxylic acids is 3. The average molecular weight is 723 g/mol. The SMILES string of the molecule is C=CC1CC1C(=O)O.CC.CC(C)(C)CC(=O)N1CCCC1C(N)=O.CCC.CCOc1cc(=O)c2sccc2[nH]1.NC(=O)OC1CCCC1. The molecule has 3 amide bonds. The number of likely N-dealkylation sites (tertiary alicyclic amines) is 1. The fourth-order valence-corrected chi connectivity index (χ4v) is 5.79. The summed E-state index contributed by atoms with van der Waals surface area (Å²) in [6.07, 6.45) is 9.59. The first-order valence-electron chi connectivity index (χ1n) is 17.7. The molecule has 3 unspecified atom stereocenters. The smallest absolute Gasteiger partial charge is 0.404 e. The molecule has 0 spiro atoms. The van der Waals surface area contributed by atoms with E-state index < -0.39 is 12.1 Å². The molecule has 0 bridgehead atoms. The summed E-state index contributed by atoms with van der Waals surface area (Å²) >= 11 is 1.44. The van der Waals surface area contributed by atoms with Crippen molar-refractivity contribution in [3.63, 3.8) is 0 Å². The van der Waals surface area contributed by atoms with Gasteiger partial charge in [-0.05, 0) is 74.6 Å². The molecule has 284 valence electrons. The van der Waals surface area contributed by atoms with Crippen LogP contribution in [0.4, 0.5) is 4.79 Å². The lowest BCUT2D eigenvalue weighted by atomic mass is 9.91. The second-order valence-electron chi connectivity index (χ2n) is 13.1. The standard InChI is InChI=1S/C11H20N2O2.C9H9NO2S.C6H11NO2.C6H8O2.C3H8.C2H6/c1-11(2,3)7-9(14)13-6-4-5-8(13)10(12)15;1-2-12-8-5-7(11)9-6(10-8)3-4-13-9;7-6(8)9-5-3-1-2-4-5;1-2-4-3-5(4)6(7)8;1-3-2;1-2/h8H,4-7H2,1-3H3,(H2,12,15);3-5H,2H2,1H3,(H,10,11);5H,1-4H2,(H2,7,8);2,4-5H,1,3H2,(H,7,8);3H2,1-2H3;1-2H3. The van der Waals surface area contributed by atoms with Gasteiger partial charge in [0, 0.05) is 19.0 Å². The Morgan fingerprint density at radius 1 is 1.08 bits per heavy atom. The van der Waals surface area contributed by atoms with E-state index >= 15 is 0 Å². The highest BCUT2D eigenvalue weighted by molar-refractivity contribution is 7.17. The number of carbonyl (C=O) groups is 4. The van der Waals surface area contributed by atoms with Crippen LogP contribution in [-0.4, -0.2) is 64.2 Å². The van der Waals surface area contributed by atoms with Crippen LogP contribution in [0.3, 0.4) is 0 Å². The minimum absolute atomic E-state index is 0.0206. The topological polar surface area (TPSA) is 195 Å². The van der Waals surface area contributed by atoms with Gasteiger partial charge < -0.3 is 35.9 Å². The number of amides is 3. The zero-order chi connectivity index (χ0) is 38.4. The number of pyridine rings is 1. The Morgan fingerprint density at radius 2 is 1.68 bits per heavy atom. The number of thiophene rings is 1. The molecule has 1 aliphatic heterocycles. The van der Waals surface area contributed by atoms with Crippen molar-refractivity contribution in [3.8, 4) is 5.88 Å². The molecule has 2 aromatic rings. The number of fused-ring (bicyclic) bond motifs is 1. The van der Waals surface area contributed by atoms with E-state index in [0.29, 0.717) is 31.9 Å². The Bertz CT molecular complexity index is 1380. The number of hydrogen-bond acceptors (Lipinski definition) is 8. The number of rotatable bonds is 7. The third kappa shape index (κ3) is 18.2. The molecule has 3 aliphatic rings. The fraction of sp³-hybridized carbons (Fsp3) is 0.649. The van der Waals surface area contributed by atoms with Gasteiger partial charge in [-0.15, -0.1) is 17.9 Å². The second kappa shape index (κ2) is 24.3. The van der Waals surface area contributed by atoms with Crippen molar-refractivity contribution in [2.24, 2.45) is 28.7 Å². The maximum atomic E-state index is 11.9. The third-order valence-corrected chi connectivity index (χ3v) is 8.27. The fourth-order valence-electron chi connectivity index (χ4n) is 5.03. The van der Waals surface area contributed by atoms with Gasteiger partial charge in [0.1, 0.15) is 12.1 Å². The van der Waals surface area contributed by atoms with Crippen molar-refractivity contribution in [2.75, 3.05) is 13.2 Å². The number of aromatic amines is 1. The molecule has 2 aromatic heterocycles. The highest BCUT2D eigenvalue weighted by Gasteiger charge is 2.40. The van der Waals surface area contributed by atoms with E-state index in [4.69, 9.17) is 26.0 Å². The van der Waals surface area contributed by atoms with Crippen molar-refractivity contribution in [1.82, 2.24) is 9.88 Å². The van der Waals surface area contributed by atoms with Crippen LogP contribution >= 0.6 is 11.3 Å². The molecular weight excluding hydrogens is 660 g/mol. The van der Waals surface area contributed by atoms with Crippen LogP contribution in [0.15, 0.2) is 35.0 Å². The number of primary amides is 2. The zero-order valence-corrected chi connectivity index (χ0v) is 32.2. The van der Waals surface area contributed by atoms with Gasteiger partial charge in [0.15, 0.2) is 5.88 Å². The molecule has 2 saturated carbocycles. The number of aliphatic carboxylic acids is 1. The van der Waals surface area contributed by atoms with Gasteiger partial charge in [0.25, 0.3) is 0 Å². The first-order valence-corrected chi connectivity index (χ1v) is 18.6. The monoisotopic (exact) mass is 722 g/mol. The number of H-pyrrole nitrogens is 1. The minimum Gasteiger partial charge on any atom is -0.481 e. The number of nitrogens with zero attached hydrogens (tertiary/aromatic N) is 1. The van der Waals surface area contributed by atoms with E-state index in [9.17, 15) is 24.0 Å². The molecule has 50 heavy (non-hydrogen) atoms. The molecule has 5 rings (SSSR count). The molecule has 0 aromatic carbocycles. The van der Waals surface area contributed by atoms with Crippen molar-refractivity contribution in [1.29, 1.82) is 0 Å². The molecule has 2 aliphatic carbocycles. The predicted octanol–water partition coefficient (Wildman–Crippen LogP) is 7.25. The summed E-state index contributed by atoms with van der Waals surface area (Å²) in [6, 6.07) is 2.99. The average Bonchev–Trinajstić information content (AvgIpc) is 3.41. The van der Waals surface area contributed by atoms with Gasteiger partial charge >= 0.3 is 12.1 Å². The maximum absolute atomic E-state index is 11.9. The number of hydrogen-bond donors (Lipinski definition) is 4. The van der Waals surface area contributed by atoms with Gasteiger partial charge in [-0.3, -0.25) is 19.2 Å². The molecule has 3 atom stereocenters. The number of allylic oxidation sites excluding steroid dienone is 1. The lowest BCUT2D eigenvalue weighted by molar-refractivity contribution is -0.139. The maximum Gasteiger partial charge on any atom is 0.404 e. The number of ether oxygens (including phenoxy) is 2. The number of nitrogens with one attached hydrogen (secondary N) is 1. The molecule has 1 saturated heterocycles. The van der Waals surface area contributed by atoms with E-state index in [1.807, 2.05) is 53.0 Å². The normalized spacial score (nSPS) is 18.8. The highest BCUT2D eigenvalue weighted by atomic mass is 32.1. The van der Waals surface area contributed by atoms with Crippen LogP contribution < -0.4 is 21.6 Å². The van der Waals surface area contributed by atoms with E-state index in [2.05, 4.69) is 25.4 Å². The van der Waals surface area contributed by atoms with E-state index in [1.54, 1.807) is 11.0 Å². The lowest BCUT2D eigenvalue weighted by Crippen LogP contribution is -2.44. The van der Waals surface area contributed by atoms with Crippen LogP contribution in [-0.2, 0) is 19.1 Å². The Hall–Kier alpha value is -3.87. The van der Waals surface area contributed by atoms with Gasteiger partial charge in [-0.25, -0.2) is 4.79 Å². The molecule has 6 N–H and O–H groups in total.